The monoisotopic (exact) mass is 577 g/mol. The van der Waals surface area contributed by atoms with E-state index < -0.39 is 21.4 Å². The summed E-state index contributed by atoms with van der Waals surface area (Å²) < 4.78 is 63.0. The smallest absolute Gasteiger partial charge is 0.366 e. The number of nitrogens with two attached hydrogens (primary N) is 1. The van der Waals surface area contributed by atoms with Gasteiger partial charge in [-0.2, -0.15) is 22.6 Å². The van der Waals surface area contributed by atoms with Crippen molar-refractivity contribution in [2.45, 2.75) is 11.4 Å². The van der Waals surface area contributed by atoms with Gasteiger partial charge in [0.05, 0.1) is 5.52 Å². The molecule has 5 rings (SSSR count). The summed E-state index contributed by atoms with van der Waals surface area (Å²) >= 11 is 6.12. The number of nitrogens with one attached hydrogen (secondary N) is 1. The van der Waals surface area contributed by atoms with Crippen molar-refractivity contribution in [3.8, 4) is 0 Å². The molecule has 0 spiro atoms. The minimum absolute atomic E-state index is 0.0503. The van der Waals surface area contributed by atoms with Crippen LogP contribution in [0.1, 0.15) is 33.0 Å². The zero-order chi connectivity index (χ0) is 27.9. The van der Waals surface area contributed by atoms with Crippen molar-refractivity contribution in [1.82, 2.24) is 14.5 Å². The number of carbonyl (C=O) groups is 1. The lowest BCUT2D eigenvalue weighted by atomic mass is 9.84. The van der Waals surface area contributed by atoms with E-state index in [9.17, 15) is 26.4 Å². The predicted octanol–water partition coefficient (Wildman–Crippen LogP) is 4.47. The molecule has 1 fully saturated rings. The molecule has 13 heteroatoms. The zero-order valence-corrected chi connectivity index (χ0v) is 21.9. The van der Waals surface area contributed by atoms with E-state index in [-0.39, 0.29) is 32.1 Å². The van der Waals surface area contributed by atoms with Crippen LogP contribution in [0.5, 0.6) is 0 Å². The molecule has 0 aliphatic carbocycles. The van der Waals surface area contributed by atoms with E-state index in [0.29, 0.717) is 20.7 Å². The maximum atomic E-state index is 13.0. The lowest BCUT2D eigenvalue weighted by Gasteiger charge is -2.34. The highest BCUT2D eigenvalue weighted by Crippen LogP contribution is 2.36. The number of benzene rings is 3. The molecule has 1 amide bonds. The van der Waals surface area contributed by atoms with Crippen LogP contribution in [0.2, 0.25) is 5.02 Å². The summed E-state index contributed by atoms with van der Waals surface area (Å²) in [4.78, 5) is 13.4. The minimum Gasteiger partial charge on any atom is -0.366 e. The SMILES string of the molecule is NC(=O)c1ccc(C(c2ccc(Cl)cc2)c2ccc3[nH]nc(N4CCN(S(=O)(=O)C(F)(F)F)CC4)c3c2)cc1. The Bertz CT molecular complexity index is 1620. The van der Waals surface area contributed by atoms with E-state index in [2.05, 4.69) is 10.2 Å². The molecule has 204 valence electrons. The Balaban J connectivity index is 1.50. The van der Waals surface area contributed by atoms with Gasteiger partial charge in [-0.3, -0.25) is 9.89 Å². The normalized spacial score (nSPS) is 15.9. The van der Waals surface area contributed by atoms with Gasteiger partial charge in [0, 0.05) is 48.1 Å². The van der Waals surface area contributed by atoms with Crippen LogP contribution in [0.25, 0.3) is 10.9 Å². The van der Waals surface area contributed by atoms with E-state index in [1.807, 2.05) is 42.5 Å². The van der Waals surface area contributed by atoms with Crippen LogP contribution < -0.4 is 10.6 Å². The molecule has 2 heterocycles. The first-order valence-electron chi connectivity index (χ1n) is 11.9. The number of nitrogens with zero attached hydrogens (tertiary/aromatic N) is 3. The summed E-state index contributed by atoms with van der Waals surface area (Å²) in [5.41, 5.74) is 3.92. The highest BCUT2D eigenvalue weighted by molar-refractivity contribution is 7.90. The highest BCUT2D eigenvalue weighted by Gasteiger charge is 2.50. The molecule has 4 aromatic rings. The number of hydrogen-bond acceptors (Lipinski definition) is 5. The Labute approximate surface area is 227 Å². The van der Waals surface area contributed by atoms with Gasteiger partial charge < -0.3 is 10.6 Å². The number of alkyl halides is 3. The molecule has 1 saturated heterocycles. The van der Waals surface area contributed by atoms with Crippen molar-refractivity contribution in [2.75, 3.05) is 31.1 Å². The molecule has 3 N–H and O–H groups in total. The van der Waals surface area contributed by atoms with Crippen LogP contribution >= 0.6 is 11.6 Å². The van der Waals surface area contributed by atoms with Crippen LogP contribution in [-0.2, 0) is 10.0 Å². The lowest BCUT2D eigenvalue weighted by molar-refractivity contribution is -0.0490. The summed E-state index contributed by atoms with van der Waals surface area (Å²) in [7, 11) is -5.38. The average Bonchev–Trinajstić information content (AvgIpc) is 3.33. The predicted molar refractivity (Wildman–Crippen MR) is 142 cm³/mol. The quantitative estimate of drug-likeness (QED) is 0.329. The number of sulfonamides is 1. The number of amides is 1. The molecule has 1 atom stereocenters. The van der Waals surface area contributed by atoms with Crippen molar-refractivity contribution in [3.05, 3.63) is 94.0 Å². The molecule has 0 bridgehead atoms. The molecule has 1 aliphatic heterocycles. The molecule has 1 unspecified atom stereocenters. The van der Waals surface area contributed by atoms with E-state index in [1.165, 1.54) is 0 Å². The second-order valence-electron chi connectivity index (χ2n) is 9.16. The molecule has 8 nitrogen and oxygen atoms in total. The van der Waals surface area contributed by atoms with Crippen LogP contribution in [-0.4, -0.2) is 60.5 Å². The second kappa shape index (κ2) is 10.2. The molecule has 0 saturated carbocycles. The number of halogens is 4. The number of piperazine rings is 1. The number of primary amides is 1. The van der Waals surface area contributed by atoms with Crippen LogP contribution in [0.4, 0.5) is 19.0 Å². The molecule has 1 aromatic heterocycles. The number of aromatic amines is 1. The second-order valence-corrected chi connectivity index (χ2v) is 11.5. The number of aromatic nitrogens is 2. The van der Waals surface area contributed by atoms with Gasteiger partial charge in [0.15, 0.2) is 5.82 Å². The van der Waals surface area contributed by atoms with Crippen molar-refractivity contribution in [2.24, 2.45) is 5.73 Å². The van der Waals surface area contributed by atoms with E-state index in [0.717, 1.165) is 27.6 Å². The van der Waals surface area contributed by atoms with Gasteiger partial charge in [-0.05, 0) is 53.1 Å². The number of hydrogen-bond donors (Lipinski definition) is 2. The molecule has 3 aromatic carbocycles. The first-order chi connectivity index (χ1) is 18.5. The van der Waals surface area contributed by atoms with E-state index in [4.69, 9.17) is 17.3 Å². The third kappa shape index (κ3) is 5.19. The maximum absolute atomic E-state index is 13.0. The summed E-state index contributed by atoms with van der Waals surface area (Å²) in [6, 6.07) is 20.2. The van der Waals surface area contributed by atoms with Gasteiger partial charge in [0.25, 0.3) is 0 Å². The van der Waals surface area contributed by atoms with Crippen molar-refractivity contribution in [1.29, 1.82) is 0 Å². The van der Waals surface area contributed by atoms with Crippen LogP contribution in [0.3, 0.4) is 0 Å². The van der Waals surface area contributed by atoms with Gasteiger partial charge >= 0.3 is 15.5 Å². The fourth-order valence-electron chi connectivity index (χ4n) is 4.80. The summed E-state index contributed by atoms with van der Waals surface area (Å²) in [5.74, 6) is -0.253. The third-order valence-corrected chi connectivity index (χ3v) is 8.68. The van der Waals surface area contributed by atoms with Gasteiger partial charge in [0.1, 0.15) is 0 Å². The average molecular weight is 578 g/mol. The van der Waals surface area contributed by atoms with Crippen molar-refractivity contribution in [3.63, 3.8) is 0 Å². The van der Waals surface area contributed by atoms with Crippen molar-refractivity contribution < 1.29 is 26.4 Å². The Morgan fingerprint density at radius 2 is 1.49 bits per heavy atom. The third-order valence-electron chi connectivity index (χ3n) is 6.80. The fraction of sp³-hybridized carbons (Fsp3) is 0.231. The van der Waals surface area contributed by atoms with E-state index >= 15 is 0 Å². The first kappa shape index (κ1) is 27.0. The fourth-order valence-corrected chi connectivity index (χ4v) is 5.86. The summed E-state index contributed by atoms with van der Waals surface area (Å²) in [6.45, 7) is -0.519. The van der Waals surface area contributed by atoms with Gasteiger partial charge in [-0.15, -0.1) is 0 Å². The number of rotatable bonds is 6. The molecular weight excluding hydrogens is 555 g/mol. The van der Waals surface area contributed by atoms with E-state index in [1.54, 1.807) is 29.2 Å². The number of carbonyl (C=O) groups excluding carboxylic acids is 1. The van der Waals surface area contributed by atoms with Crippen molar-refractivity contribution >= 4 is 44.3 Å². The van der Waals surface area contributed by atoms with Crippen LogP contribution in [0.15, 0.2) is 66.7 Å². The Kier molecular flexibility index (Phi) is 7.04. The number of anilines is 1. The Hall–Kier alpha value is -3.61. The number of H-pyrrole nitrogens is 1. The standard InChI is InChI=1S/C26H23ClF3N5O3S/c27-20-8-5-17(6-9-20)23(16-1-3-18(4-2-16)24(31)36)19-7-10-22-21(15-19)25(33-32-22)34-11-13-35(14-12-34)39(37,38)26(28,29)30/h1-10,15,23H,11-14H2,(H2,31,36)(H,32,33). The van der Waals surface area contributed by atoms with Crippen LogP contribution in [0, 0.1) is 0 Å². The zero-order valence-electron chi connectivity index (χ0n) is 20.3. The number of fused-ring (bicyclic) bond motifs is 1. The molecule has 0 radical (unpaired) electrons. The molecule has 1 aliphatic rings. The summed E-state index contributed by atoms with van der Waals surface area (Å²) in [5, 5.41) is 8.66. The minimum atomic E-state index is -5.38. The lowest BCUT2D eigenvalue weighted by Crippen LogP contribution is -2.52. The maximum Gasteiger partial charge on any atom is 0.511 e. The Morgan fingerprint density at radius 1 is 0.923 bits per heavy atom. The van der Waals surface area contributed by atoms with Gasteiger partial charge in [0.2, 0.25) is 5.91 Å². The molecule has 39 heavy (non-hydrogen) atoms. The topological polar surface area (TPSA) is 112 Å². The van der Waals surface area contributed by atoms with Gasteiger partial charge in [-0.1, -0.05) is 41.9 Å². The first-order valence-corrected chi connectivity index (χ1v) is 13.7. The highest BCUT2D eigenvalue weighted by atomic mass is 35.5. The molecular formula is C26H23ClF3N5O3S. The largest absolute Gasteiger partial charge is 0.511 e. The van der Waals surface area contributed by atoms with Gasteiger partial charge in [-0.25, -0.2) is 8.42 Å². The Morgan fingerprint density at radius 3 is 2.05 bits per heavy atom. The summed E-state index contributed by atoms with van der Waals surface area (Å²) in [6.07, 6.45) is 0.